The van der Waals surface area contributed by atoms with Crippen LogP contribution in [-0.4, -0.2) is 28.9 Å². The summed E-state index contributed by atoms with van der Waals surface area (Å²) < 4.78 is 0. The van der Waals surface area contributed by atoms with E-state index in [1.54, 1.807) is 6.07 Å². The molecule has 0 saturated carbocycles. The molecule has 1 aromatic rings. The summed E-state index contributed by atoms with van der Waals surface area (Å²) in [7, 11) is 0. The average molecular weight is 224 g/mol. The molecule has 0 saturated heterocycles. The Balaban J connectivity index is 2.81. The van der Waals surface area contributed by atoms with Crippen LogP contribution in [0.4, 0.5) is 0 Å². The quantitative estimate of drug-likeness (QED) is 0.572. The van der Waals surface area contributed by atoms with Gasteiger partial charge in [0, 0.05) is 12.1 Å². The molecule has 1 aromatic carbocycles. The van der Waals surface area contributed by atoms with Crippen molar-refractivity contribution in [3.05, 3.63) is 29.3 Å². The molecule has 0 aliphatic heterocycles. The lowest BCUT2D eigenvalue weighted by Gasteiger charge is -2.12. The van der Waals surface area contributed by atoms with Crippen molar-refractivity contribution in [2.45, 2.75) is 31.8 Å². The van der Waals surface area contributed by atoms with Gasteiger partial charge in [0.1, 0.15) is 5.75 Å². The van der Waals surface area contributed by atoms with Gasteiger partial charge in [-0.2, -0.15) is 0 Å². The third-order valence-corrected chi connectivity index (χ3v) is 2.42. The number of nitrogens with two attached hydrogens (primary N) is 2. The molecule has 0 spiro atoms. The van der Waals surface area contributed by atoms with Gasteiger partial charge in [0.15, 0.2) is 0 Å². The summed E-state index contributed by atoms with van der Waals surface area (Å²) >= 11 is 0. The van der Waals surface area contributed by atoms with Gasteiger partial charge >= 0.3 is 0 Å². The van der Waals surface area contributed by atoms with E-state index in [1.807, 2.05) is 19.1 Å². The number of aliphatic hydroxyl groups is 1. The maximum absolute atomic E-state index is 9.65. The van der Waals surface area contributed by atoms with Crippen LogP contribution in [-0.2, 0) is 12.8 Å². The Hall–Kier alpha value is -1.10. The van der Waals surface area contributed by atoms with E-state index in [1.165, 1.54) is 0 Å². The first-order valence-corrected chi connectivity index (χ1v) is 5.45. The normalized spacial score (nSPS) is 14.8. The summed E-state index contributed by atoms with van der Waals surface area (Å²) in [6.07, 6.45) is 1.23. The van der Waals surface area contributed by atoms with Crippen molar-refractivity contribution in [3.8, 4) is 5.75 Å². The van der Waals surface area contributed by atoms with Crippen LogP contribution >= 0.6 is 0 Å². The molecular formula is C12H20N2O2. The second kappa shape index (κ2) is 5.84. The van der Waals surface area contributed by atoms with E-state index in [2.05, 4.69) is 0 Å². The highest BCUT2D eigenvalue weighted by atomic mass is 16.3. The fraction of sp³-hybridized carbons (Fsp3) is 0.500. The van der Waals surface area contributed by atoms with Gasteiger partial charge in [0.25, 0.3) is 0 Å². The molecule has 0 aromatic heterocycles. The summed E-state index contributed by atoms with van der Waals surface area (Å²) in [5.41, 5.74) is 13.2. The van der Waals surface area contributed by atoms with Crippen molar-refractivity contribution in [2.75, 3.05) is 6.61 Å². The fourth-order valence-electron chi connectivity index (χ4n) is 1.65. The SMILES string of the molecule is CC(N)Cc1ccc(O)c(CC(N)CO)c1. The van der Waals surface area contributed by atoms with Gasteiger partial charge in [0.05, 0.1) is 6.61 Å². The highest BCUT2D eigenvalue weighted by molar-refractivity contribution is 5.37. The molecule has 2 unspecified atom stereocenters. The predicted octanol–water partition coefficient (Wildman–Crippen LogP) is 0.144. The number of phenolic OH excluding ortho intramolecular Hbond substituents is 1. The lowest BCUT2D eigenvalue weighted by molar-refractivity contribution is 0.264. The molecular weight excluding hydrogens is 204 g/mol. The number of benzene rings is 1. The van der Waals surface area contributed by atoms with E-state index in [9.17, 15) is 5.11 Å². The summed E-state index contributed by atoms with van der Waals surface area (Å²) in [6.45, 7) is 1.85. The first kappa shape index (κ1) is 13.0. The molecule has 0 radical (unpaired) electrons. The van der Waals surface area contributed by atoms with Gasteiger partial charge in [-0.25, -0.2) is 0 Å². The number of phenols is 1. The van der Waals surface area contributed by atoms with Crippen molar-refractivity contribution < 1.29 is 10.2 Å². The van der Waals surface area contributed by atoms with Crippen LogP contribution < -0.4 is 11.5 Å². The van der Waals surface area contributed by atoms with Crippen LogP contribution in [0, 0.1) is 0 Å². The van der Waals surface area contributed by atoms with E-state index in [0.717, 1.165) is 17.5 Å². The van der Waals surface area contributed by atoms with E-state index in [0.29, 0.717) is 6.42 Å². The van der Waals surface area contributed by atoms with Gasteiger partial charge in [-0.3, -0.25) is 0 Å². The highest BCUT2D eigenvalue weighted by Gasteiger charge is 2.08. The molecule has 4 nitrogen and oxygen atoms in total. The van der Waals surface area contributed by atoms with Gasteiger partial charge in [-0.1, -0.05) is 12.1 Å². The van der Waals surface area contributed by atoms with E-state index in [4.69, 9.17) is 16.6 Å². The van der Waals surface area contributed by atoms with Crippen LogP contribution in [0.2, 0.25) is 0 Å². The Labute approximate surface area is 95.9 Å². The van der Waals surface area contributed by atoms with Crippen molar-refractivity contribution in [1.29, 1.82) is 0 Å². The van der Waals surface area contributed by atoms with Gasteiger partial charge in [0.2, 0.25) is 0 Å². The van der Waals surface area contributed by atoms with E-state index in [-0.39, 0.29) is 24.4 Å². The number of aromatic hydroxyl groups is 1. The van der Waals surface area contributed by atoms with Gasteiger partial charge < -0.3 is 21.7 Å². The average Bonchev–Trinajstić information content (AvgIpc) is 2.22. The number of rotatable bonds is 5. The molecule has 1 rings (SSSR count). The maximum atomic E-state index is 9.65. The second-order valence-corrected chi connectivity index (χ2v) is 4.29. The fourth-order valence-corrected chi connectivity index (χ4v) is 1.65. The van der Waals surface area contributed by atoms with Crippen LogP contribution in [0.1, 0.15) is 18.1 Å². The number of hydrogen-bond acceptors (Lipinski definition) is 4. The molecule has 0 bridgehead atoms. The third-order valence-electron chi connectivity index (χ3n) is 2.42. The molecule has 4 heteroatoms. The minimum Gasteiger partial charge on any atom is -0.508 e. The minimum atomic E-state index is -0.337. The monoisotopic (exact) mass is 224 g/mol. The van der Waals surface area contributed by atoms with Gasteiger partial charge in [-0.05, 0) is 37.0 Å². The zero-order valence-electron chi connectivity index (χ0n) is 9.56. The summed E-state index contributed by atoms with van der Waals surface area (Å²) in [6, 6.07) is 5.15. The Morgan fingerprint density at radius 1 is 1.25 bits per heavy atom. The number of aliphatic hydroxyl groups excluding tert-OH is 1. The Bertz CT molecular complexity index is 340. The maximum Gasteiger partial charge on any atom is 0.118 e. The third kappa shape index (κ3) is 3.81. The number of hydrogen-bond donors (Lipinski definition) is 4. The summed E-state index contributed by atoms with van der Waals surface area (Å²) in [5, 5.41) is 18.5. The molecule has 90 valence electrons. The van der Waals surface area contributed by atoms with Crippen molar-refractivity contribution in [1.82, 2.24) is 0 Å². The predicted molar refractivity (Wildman–Crippen MR) is 64.2 cm³/mol. The first-order valence-electron chi connectivity index (χ1n) is 5.45. The van der Waals surface area contributed by atoms with Crippen LogP contribution in [0.3, 0.4) is 0 Å². The standard InChI is InChI=1S/C12H20N2O2/c1-8(13)4-9-2-3-12(16)10(5-9)6-11(14)7-15/h2-3,5,8,11,15-16H,4,6-7,13-14H2,1H3. The Kier molecular flexibility index (Phi) is 4.73. The molecule has 0 aliphatic rings. The smallest absolute Gasteiger partial charge is 0.118 e. The van der Waals surface area contributed by atoms with Crippen LogP contribution in [0.15, 0.2) is 18.2 Å². The van der Waals surface area contributed by atoms with E-state index >= 15 is 0 Å². The lowest BCUT2D eigenvalue weighted by Crippen LogP contribution is -2.27. The minimum absolute atomic E-state index is 0.0863. The summed E-state index contributed by atoms with van der Waals surface area (Å²) in [5.74, 6) is 0.220. The molecule has 6 N–H and O–H groups in total. The molecule has 0 fully saturated rings. The highest BCUT2D eigenvalue weighted by Crippen LogP contribution is 2.20. The zero-order valence-corrected chi connectivity index (χ0v) is 9.56. The van der Waals surface area contributed by atoms with Crippen molar-refractivity contribution in [2.24, 2.45) is 11.5 Å². The molecule has 0 heterocycles. The second-order valence-electron chi connectivity index (χ2n) is 4.29. The largest absolute Gasteiger partial charge is 0.508 e. The van der Waals surface area contributed by atoms with E-state index < -0.39 is 0 Å². The molecule has 0 amide bonds. The van der Waals surface area contributed by atoms with Crippen LogP contribution in [0.5, 0.6) is 5.75 Å². The summed E-state index contributed by atoms with van der Waals surface area (Å²) in [4.78, 5) is 0. The molecule has 16 heavy (non-hydrogen) atoms. The van der Waals surface area contributed by atoms with Crippen molar-refractivity contribution in [3.63, 3.8) is 0 Å². The topological polar surface area (TPSA) is 92.5 Å². The first-order chi connectivity index (χ1) is 7.52. The Morgan fingerprint density at radius 2 is 1.94 bits per heavy atom. The zero-order chi connectivity index (χ0) is 12.1. The Morgan fingerprint density at radius 3 is 2.50 bits per heavy atom. The van der Waals surface area contributed by atoms with Gasteiger partial charge in [-0.15, -0.1) is 0 Å². The lowest BCUT2D eigenvalue weighted by atomic mass is 10.00. The molecule has 2 atom stereocenters. The molecule has 0 aliphatic carbocycles. The van der Waals surface area contributed by atoms with Crippen LogP contribution in [0.25, 0.3) is 0 Å². The van der Waals surface area contributed by atoms with Crippen molar-refractivity contribution >= 4 is 0 Å².